The highest BCUT2D eigenvalue weighted by molar-refractivity contribution is 8.04. The van der Waals surface area contributed by atoms with Crippen LogP contribution in [0.2, 0.25) is 0 Å². The van der Waals surface area contributed by atoms with Crippen molar-refractivity contribution < 1.29 is 0 Å². The van der Waals surface area contributed by atoms with Gasteiger partial charge in [0.1, 0.15) is 0 Å². The SMILES string of the molecule is C/C=C\S/C=C/C.CN. The number of rotatable bonds is 2. The molecule has 9 heavy (non-hydrogen) atoms. The third kappa shape index (κ3) is 18.2. The van der Waals surface area contributed by atoms with Crippen LogP contribution in [0.4, 0.5) is 0 Å². The molecular weight excluding hydrogens is 130 g/mol. The van der Waals surface area contributed by atoms with Crippen LogP contribution in [-0.2, 0) is 0 Å². The average molecular weight is 145 g/mol. The van der Waals surface area contributed by atoms with E-state index in [0.717, 1.165) is 0 Å². The van der Waals surface area contributed by atoms with E-state index in [9.17, 15) is 0 Å². The van der Waals surface area contributed by atoms with Gasteiger partial charge in [0.15, 0.2) is 0 Å². The van der Waals surface area contributed by atoms with Gasteiger partial charge in [-0.25, -0.2) is 0 Å². The van der Waals surface area contributed by atoms with Gasteiger partial charge in [0, 0.05) is 0 Å². The van der Waals surface area contributed by atoms with Gasteiger partial charge in [-0.2, -0.15) is 0 Å². The maximum atomic E-state index is 4.50. The lowest BCUT2D eigenvalue weighted by Crippen LogP contribution is -1.69. The minimum Gasteiger partial charge on any atom is -0.333 e. The summed E-state index contributed by atoms with van der Waals surface area (Å²) in [6, 6.07) is 0. The number of allylic oxidation sites excluding steroid dienone is 2. The fraction of sp³-hybridized carbons (Fsp3) is 0.429. The Labute approximate surface area is 62.0 Å². The molecule has 0 aromatic heterocycles. The van der Waals surface area contributed by atoms with Gasteiger partial charge < -0.3 is 5.73 Å². The lowest BCUT2D eigenvalue weighted by Gasteiger charge is -1.73. The van der Waals surface area contributed by atoms with Gasteiger partial charge >= 0.3 is 0 Å². The van der Waals surface area contributed by atoms with E-state index in [1.807, 2.05) is 36.8 Å². The summed E-state index contributed by atoms with van der Waals surface area (Å²) in [6.07, 6.45) is 4.04. The molecule has 0 aromatic rings. The van der Waals surface area contributed by atoms with E-state index in [-0.39, 0.29) is 0 Å². The molecule has 0 spiro atoms. The van der Waals surface area contributed by atoms with Crippen LogP contribution in [0.5, 0.6) is 0 Å². The van der Waals surface area contributed by atoms with Gasteiger partial charge in [0.2, 0.25) is 0 Å². The molecule has 0 aromatic carbocycles. The first-order valence-corrected chi connectivity index (χ1v) is 3.81. The first kappa shape index (κ1) is 11.6. The average Bonchev–Trinajstić information content (AvgIpc) is 1.94. The van der Waals surface area contributed by atoms with Crippen molar-refractivity contribution >= 4 is 11.8 Å². The van der Waals surface area contributed by atoms with E-state index in [1.54, 1.807) is 11.8 Å². The van der Waals surface area contributed by atoms with Gasteiger partial charge in [0.05, 0.1) is 0 Å². The zero-order chi connectivity index (χ0) is 7.54. The van der Waals surface area contributed by atoms with Crippen molar-refractivity contribution in [2.24, 2.45) is 5.73 Å². The van der Waals surface area contributed by atoms with E-state index in [0.29, 0.717) is 0 Å². The van der Waals surface area contributed by atoms with Crippen molar-refractivity contribution in [3.63, 3.8) is 0 Å². The Morgan fingerprint density at radius 2 is 1.33 bits per heavy atom. The van der Waals surface area contributed by atoms with E-state index >= 15 is 0 Å². The summed E-state index contributed by atoms with van der Waals surface area (Å²) in [4.78, 5) is 0. The Hall–Kier alpha value is -0.210. The minimum atomic E-state index is 1.50. The first-order chi connectivity index (χ1) is 4.41. The van der Waals surface area contributed by atoms with Gasteiger partial charge in [-0.15, -0.1) is 11.8 Å². The van der Waals surface area contributed by atoms with Crippen molar-refractivity contribution in [1.82, 2.24) is 0 Å². The highest BCUT2D eigenvalue weighted by atomic mass is 32.2. The number of hydrogen-bond acceptors (Lipinski definition) is 2. The second kappa shape index (κ2) is 15.7. The smallest absolute Gasteiger partial charge is 0.0195 e. The predicted octanol–water partition coefficient (Wildman–Crippen LogP) is 2.36. The Kier molecular flexibility index (Phi) is 20.1. The molecule has 0 fully saturated rings. The van der Waals surface area contributed by atoms with Gasteiger partial charge in [-0.05, 0) is 31.7 Å². The standard InChI is InChI=1S/C6H10S.CH5N/c1-3-5-7-6-4-2;1-2/h3-6H,1-2H3;2H2,1H3/b5-3-,6-4+;. The molecule has 0 atom stereocenters. The maximum absolute atomic E-state index is 4.50. The molecule has 0 aliphatic carbocycles. The lowest BCUT2D eigenvalue weighted by atomic mass is 10.8. The molecule has 54 valence electrons. The molecular formula is C7H15NS. The van der Waals surface area contributed by atoms with E-state index in [2.05, 4.69) is 5.73 Å². The van der Waals surface area contributed by atoms with Gasteiger partial charge in [-0.1, -0.05) is 12.2 Å². The third-order valence-corrected chi connectivity index (χ3v) is 1.29. The van der Waals surface area contributed by atoms with Crippen LogP contribution in [0.3, 0.4) is 0 Å². The Balaban J connectivity index is 0. The summed E-state index contributed by atoms with van der Waals surface area (Å²) in [7, 11) is 1.50. The zero-order valence-corrected chi connectivity index (χ0v) is 7.11. The monoisotopic (exact) mass is 145 g/mol. The topological polar surface area (TPSA) is 26.0 Å². The number of nitrogens with two attached hydrogens (primary N) is 1. The summed E-state index contributed by atoms with van der Waals surface area (Å²) >= 11 is 1.69. The van der Waals surface area contributed by atoms with Gasteiger partial charge in [-0.3, -0.25) is 0 Å². The van der Waals surface area contributed by atoms with Crippen LogP contribution in [-0.4, -0.2) is 7.05 Å². The quantitative estimate of drug-likeness (QED) is 0.645. The second-order valence-electron chi connectivity index (χ2n) is 1.07. The first-order valence-electron chi connectivity index (χ1n) is 2.87. The van der Waals surface area contributed by atoms with E-state index < -0.39 is 0 Å². The minimum absolute atomic E-state index is 1.50. The summed E-state index contributed by atoms with van der Waals surface area (Å²) < 4.78 is 0. The summed E-state index contributed by atoms with van der Waals surface area (Å²) in [5.74, 6) is 0. The highest BCUT2D eigenvalue weighted by Crippen LogP contribution is 2.01. The predicted molar refractivity (Wildman–Crippen MR) is 47.3 cm³/mol. The molecule has 2 heteroatoms. The molecule has 0 aliphatic rings. The van der Waals surface area contributed by atoms with Crippen molar-refractivity contribution in [2.45, 2.75) is 13.8 Å². The molecule has 0 bridgehead atoms. The fourth-order valence-corrected chi connectivity index (χ4v) is 0.607. The third-order valence-electron chi connectivity index (χ3n) is 0.429. The molecule has 0 rings (SSSR count). The lowest BCUT2D eigenvalue weighted by molar-refractivity contribution is 1.48. The van der Waals surface area contributed by atoms with Crippen LogP contribution in [0.25, 0.3) is 0 Å². The zero-order valence-electron chi connectivity index (χ0n) is 6.29. The normalized spacial score (nSPS) is 9.78. The molecule has 0 unspecified atom stereocenters. The van der Waals surface area contributed by atoms with Crippen LogP contribution in [0.15, 0.2) is 23.0 Å². The largest absolute Gasteiger partial charge is 0.333 e. The maximum Gasteiger partial charge on any atom is -0.0195 e. The van der Waals surface area contributed by atoms with Crippen molar-refractivity contribution in [3.8, 4) is 0 Å². The van der Waals surface area contributed by atoms with Crippen LogP contribution in [0, 0.1) is 0 Å². The molecule has 0 radical (unpaired) electrons. The highest BCUT2D eigenvalue weighted by Gasteiger charge is 1.61. The Morgan fingerprint density at radius 3 is 1.56 bits per heavy atom. The fourth-order valence-electron chi connectivity index (χ4n) is 0.202. The molecule has 2 N–H and O–H groups in total. The second-order valence-corrected chi connectivity index (χ2v) is 1.89. The van der Waals surface area contributed by atoms with E-state index in [4.69, 9.17) is 0 Å². The van der Waals surface area contributed by atoms with E-state index in [1.165, 1.54) is 7.05 Å². The molecule has 0 amide bonds. The Morgan fingerprint density at radius 1 is 1.00 bits per heavy atom. The van der Waals surface area contributed by atoms with Crippen LogP contribution < -0.4 is 5.73 Å². The molecule has 0 aliphatic heterocycles. The summed E-state index contributed by atoms with van der Waals surface area (Å²) in [5.41, 5.74) is 4.50. The molecule has 0 saturated heterocycles. The van der Waals surface area contributed by atoms with Crippen molar-refractivity contribution in [3.05, 3.63) is 23.0 Å². The number of hydrogen-bond donors (Lipinski definition) is 1. The number of thioether (sulfide) groups is 1. The summed E-state index contributed by atoms with van der Waals surface area (Å²) in [6.45, 7) is 4.02. The Bertz CT molecular complexity index is 67.0. The van der Waals surface area contributed by atoms with Crippen LogP contribution in [0.1, 0.15) is 13.8 Å². The van der Waals surface area contributed by atoms with Crippen molar-refractivity contribution in [2.75, 3.05) is 7.05 Å². The van der Waals surface area contributed by atoms with Crippen LogP contribution >= 0.6 is 11.8 Å². The molecule has 0 heterocycles. The summed E-state index contributed by atoms with van der Waals surface area (Å²) in [5, 5.41) is 4.08. The van der Waals surface area contributed by atoms with Gasteiger partial charge in [0.25, 0.3) is 0 Å². The van der Waals surface area contributed by atoms with Crippen molar-refractivity contribution in [1.29, 1.82) is 0 Å². The molecule has 1 nitrogen and oxygen atoms in total. The molecule has 0 saturated carbocycles.